The van der Waals surface area contributed by atoms with Crippen LogP contribution in [0.2, 0.25) is 0 Å². The van der Waals surface area contributed by atoms with E-state index in [4.69, 9.17) is 52.1 Å². The summed E-state index contributed by atoms with van der Waals surface area (Å²) in [5, 5.41) is 11.7. The summed E-state index contributed by atoms with van der Waals surface area (Å²) in [4.78, 5) is 72.7. The highest BCUT2D eigenvalue weighted by atomic mass is 16.8. The van der Waals surface area contributed by atoms with E-state index in [0.29, 0.717) is 5.56 Å². The van der Waals surface area contributed by atoms with E-state index >= 15 is 0 Å². The van der Waals surface area contributed by atoms with E-state index in [1.807, 2.05) is 0 Å². The van der Waals surface area contributed by atoms with Crippen molar-refractivity contribution in [1.29, 1.82) is 0 Å². The average Bonchev–Trinajstić information content (AvgIpc) is 3.82. The van der Waals surface area contributed by atoms with Gasteiger partial charge < -0.3 is 52.1 Å². The average molecular weight is 738 g/mol. The fraction of sp³-hybridized carbons (Fsp3) is 0.606. The molecule has 0 aliphatic carbocycles. The van der Waals surface area contributed by atoms with Crippen LogP contribution >= 0.6 is 0 Å². The van der Waals surface area contributed by atoms with E-state index < -0.39 is 109 Å². The molecule has 52 heavy (non-hydrogen) atoms. The summed E-state index contributed by atoms with van der Waals surface area (Å²) in [5.41, 5.74) is 0.267. The molecule has 3 saturated heterocycles. The Morgan fingerprint density at radius 2 is 1.50 bits per heavy atom. The lowest BCUT2D eigenvalue weighted by atomic mass is 9.79. The van der Waals surface area contributed by atoms with E-state index in [1.165, 1.54) is 19.2 Å². The minimum absolute atomic E-state index is 0.00866. The number of carbonyl (C=O) groups is 5. The van der Waals surface area contributed by atoms with Crippen LogP contribution < -0.4 is 0 Å². The van der Waals surface area contributed by atoms with Gasteiger partial charge in [0.25, 0.3) is 5.69 Å². The van der Waals surface area contributed by atoms with Crippen LogP contribution in [0.3, 0.4) is 0 Å². The maximum absolute atomic E-state index is 13.0. The maximum Gasteiger partial charge on any atom is 0.337 e. The third kappa shape index (κ3) is 9.20. The van der Waals surface area contributed by atoms with Crippen LogP contribution in [0.25, 0.3) is 0 Å². The van der Waals surface area contributed by atoms with Gasteiger partial charge in [0.1, 0.15) is 18.8 Å². The zero-order chi connectivity index (χ0) is 37.7. The summed E-state index contributed by atoms with van der Waals surface area (Å²) >= 11 is 0. The van der Waals surface area contributed by atoms with Gasteiger partial charge in [-0.2, -0.15) is 0 Å². The summed E-state index contributed by atoms with van der Waals surface area (Å²) in [6.45, 7) is 4.17. The number of methoxy groups -OCH3 is 1. The minimum Gasteiger partial charge on any atom is -0.471 e. The monoisotopic (exact) mass is 737 g/mol. The standard InChI is InChI=1S/C33H39NO18/c1-15(35)43-14-25-28(47-16(2)36)29(48-17(3)37)30(49-18(4)38)33(51-25)52-32-27(24-13-44-24)20(21(11-46-32)31(39)42-5)10-26-45-12-23(50-26)19-8-6-7-9-22(19)34(40)41/h6-9,11,20,23-30,32-33H,10,12-14H2,1-5H3/t20-,23?,24-,25-,26?,27+,28-,29+,30-,32+,33+/m1/s1. The summed E-state index contributed by atoms with van der Waals surface area (Å²) in [7, 11) is 1.19. The van der Waals surface area contributed by atoms with Gasteiger partial charge in [0.2, 0.25) is 12.6 Å². The van der Waals surface area contributed by atoms with Gasteiger partial charge in [-0.1, -0.05) is 12.1 Å². The third-order valence-corrected chi connectivity index (χ3v) is 8.61. The number of ether oxygens (including phenoxy) is 11. The number of benzene rings is 1. The number of esters is 5. The Labute approximate surface area is 296 Å². The Morgan fingerprint density at radius 1 is 0.846 bits per heavy atom. The molecular formula is C33H39NO18. The summed E-state index contributed by atoms with van der Waals surface area (Å²) in [6.07, 6.45) is -9.75. The molecule has 0 N–H and O–H groups in total. The van der Waals surface area contributed by atoms with E-state index in [0.717, 1.165) is 34.0 Å². The molecule has 0 bridgehead atoms. The van der Waals surface area contributed by atoms with E-state index in [9.17, 15) is 34.1 Å². The van der Waals surface area contributed by atoms with Gasteiger partial charge in [0.05, 0.1) is 54.7 Å². The Balaban J connectivity index is 1.45. The summed E-state index contributed by atoms with van der Waals surface area (Å²) < 4.78 is 62.6. The molecule has 0 amide bonds. The van der Waals surface area contributed by atoms with Crippen molar-refractivity contribution in [2.24, 2.45) is 11.8 Å². The number of nitro groups is 1. The minimum atomic E-state index is -1.59. The van der Waals surface area contributed by atoms with Crippen molar-refractivity contribution in [3.8, 4) is 0 Å². The molecule has 19 nitrogen and oxygen atoms in total. The summed E-state index contributed by atoms with van der Waals surface area (Å²) in [6, 6.07) is 6.11. The molecule has 0 spiro atoms. The van der Waals surface area contributed by atoms with Crippen LogP contribution in [0.15, 0.2) is 36.1 Å². The Bertz CT molecular complexity index is 1560. The van der Waals surface area contributed by atoms with Crippen LogP contribution in [0.4, 0.5) is 5.69 Å². The zero-order valence-corrected chi connectivity index (χ0v) is 28.9. The van der Waals surface area contributed by atoms with Gasteiger partial charge in [0.15, 0.2) is 24.6 Å². The van der Waals surface area contributed by atoms with Gasteiger partial charge in [-0.05, 0) is 6.07 Å². The van der Waals surface area contributed by atoms with Crippen molar-refractivity contribution in [2.45, 2.75) is 89.6 Å². The summed E-state index contributed by atoms with van der Waals surface area (Å²) in [5.74, 6) is -5.45. The van der Waals surface area contributed by atoms with Crippen molar-refractivity contribution in [3.63, 3.8) is 0 Å². The van der Waals surface area contributed by atoms with Gasteiger partial charge in [-0.25, -0.2) is 4.79 Å². The van der Waals surface area contributed by atoms with E-state index in [1.54, 1.807) is 12.1 Å². The molecule has 2 unspecified atom stereocenters. The molecule has 3 fully saturated rings. The molecule has 0 saturated carbocycles. The number of para-hydroxylation sites is 1. The second-order valence-electron chi connectivity index (χ2n) is 12.3. The molecule has 5 rings (SSSR count). The highest BCUT2D eigenvalue weighted by Crippen LogP contribution is 2.45. The predicted octanol–water partition coefficient (Wildman–Crippen LogP) is 1.54. The Kier molecular flexibility index (Phi) is 12.4. The molecule has 1 aromatic rings. The smallest absolute Gasteiger partial charge is 0.337 e. The third-order valence-electron chi connectivity index (χ3n) is 8.61. The van der Waals surface area contributed by atoms with Crippen LogP contribution in [0, 0.1) is 22.0 Å². The molecule has 0 aromatic heterocycles. The molecule has 1 aromatic carbocycles. The van der Waals surface area contributed by atoms with Crippen molar-refractivity contribution in [2.75, 3.05) is 26.9 Å². The van der Waals surface area contributed by atoms with Gasteiger partial charge in [-0.3, -0.25) is 29.3 Å². The van der Waals surface area contributed by atoms with Gasteiger partial charge in [-0.15, -0.1) is 0 Å². The fourth-order valence-corrected chi connectivity index (χ4v) is 6.46. The van der Waals surface area contributed by atoms with Gasteiger partial charge in [0, 0.05) is 46.1 Å². The largest absolute Gasteiger partial charge is 0.471 e. The molecule has 284 valence electrons. The Hall–Kier alpha value is -4.69. The molecule has 4 heterocycles. The lowest BCUT2D eigenvalue weighted by molar-refractivity contribution is -0.386. The topological polar surface area (TPSA) is 233 Å². The van der Waals surface area contributed by atoms with Crippen molar-refractivity contribution < 1.29 is 81.0 Å². The number of carbonyl (C=O) groups excluding carboxylic acids is 5. The van der Waals surface area contributed by atoms with E-state index in [2.05, 4.69) is 0 Å². The van der Waals surface area contributed by atoms with Crippen LogP contribution in [-0.2, 0) is 76.1 Å². The number of epoxide rings is 1. The number of nitro benzene ring substituents is 1. The Morgan fingerprint density at radius 3 is 2.12 bits per heavy atom. The first-order valence-electron chi connectivity index (χ1n) is 16.3. The van der Waals surface area contributed by atoms with Gasteiger partial charge >= 0.3 is 29.8 Å². The first-order chi connectivity index (χ1) is 24.8. The molecular weight excluding hydrogens is 698 g/mol. The quantitative estimate of drug-likeness (QED) is 0.0918. The maximum atomic E-state index is 13.0. The highest BCUT2D eigenvalue weighted by molar-refractivity contribution is 5.89. The van der Waals surface area contributed by atoms with Crippen molar-refractivity contribution >= 4 is 35.5 Å². The number of rotatable bonds is 13. The van der Waals surface area contributed by atoms with Crippen molar-refractivity contribution in [3.05, 3.63) is 51.8 Å². The number of nitrogens with zero attached hydrogens (tertiary/aromatic N) is 1. The van der Waals surface area contributed by atoms with Crippen molar-refractivity contribution in [1.82, 2.24) is 0 Å². The molecule has 0 radical (unpaired) electrons. The van der Waals surface area contributed by atoms with Crippen LogP contribution in [0.1, 0.15) is 45.8 Å². The van der Waals surface area contributed by atoms with Crippen LogP contribution in [-0.4, -0.2) is 111 Å². The number of hydrogen-bond donors (Lipinski definition) is 0. The first-order valence-corrected chi connectivity index (χ1v) is 16.3. The molecule has 11 atom stereocenters. The predicted molar refractivity (Wildman–Crippen MR) is 166 cm³/mol. The SMILES string of the molecule is COC(=O)C1=CO[C@@H](O[C@@H]2O[C@H](COC(C)=O)[C@@H](OC(C)=O)[C@H](OC(C)=O)[C@H]2OC(C)=O)[C@H]([C@H]2CO2)[C@@H]1CC1OCC(c2ccccc2[N+](=O)[O-])O1. The first kappa shape index (κ1) is 38.5. The number of hydrogen-bond acceptors (Lipinski definition) is 18. The molecule has 19 heteroatoms. The second-order valence-corrected chi connectivity index (χ2v) is 12.3. The lowest BCUT2D eigenvalue weighted by Gasteiger charge is -2.46. The second kappa shape index (κ2) is 16.8. The van der Waals surface area contributed by atoms with Crippen LogP contribution in [0.5, 0.6) is 0 Å². The fourth-order valence-electron chi connectivity index (χ4n) is 6.46. The molecule has 4 aliphatic heterocycles. The molecule has 4 aliphatic rings. The lowest BCUT2D eigenvalue weighted by Crippen LogP contribution is -2.63. The highest BCUT2D eigenvalue weighted by Gasteiger charge is 2.57. The normalized spacial score (nSPS) is 32.3. The van der Waals surface area contributed by atoms with E-state index in [-0.39, 0.29) is 30.9 Å². The zero-order valence-electron chi connectivity index (χ0n) is 28.9.